The maximum Gasteiger partial charge on any atom is 0.153 e. The monoisotopic (exact) mass is 291 g/mol. The molecule has 2 aliphatic rings. The summed E-state index contributed by atoms with van der Waals surface area (Å²) >= 11 is 0. The van der Waals surface area contributed by atoms with Gasteiger partial charge in [0.05, 0.1) is 18.8 Å². The lowest BCUT2D eigenvalue weighted by Crippen LogP contribution is -2.56. The number of hydrogen-bond acceptors (Lipinski definition) is 4. The summed E-state index contributed by atoms with van der Waals surface area (Å²) in [4.78, 5) is 15.4. The number of aromatic nitrogens is 2. The average Bonchev–Trinajstić information content (AvgIpc) is 3.16. The minimum Gasteiger partial charge on any atom is -0.379 e. The summed E-state index contributed by atoms with van der Waals surface area (Å²) in [5.41, 5.74) is 0.931. The van der Waals surface area contributed by atoms with Crippen LogP contribution in [-0.4, -0.2) is 52.3 Å². The van der Waals surface area contributed by atoms with E-state index < -0.39 is 0 Å². The van der Waals surface area contributed by atoms with E-state index in [0.29, 0.717) is 12.2 Å². The molecule has 0 N–H and O–H groups in total. The first-order chi connectivity index (χ1) is 10.2. The van der Waals surface area contributed by atoms with Crippen molar-refractivity contribution in [2.45, 2.75) is 44.1 Å². The van der Waals surface area contributed by atoms with Crippen LogP contribution in [0.25, 0.3) is 0 Å². The van der Waals surface area contributed by atoms with E-state index in [2.05, 4.69) is 10.00 Å². The predicted octanol–water partition coefficient (Wildman–Crippen LogP) is 1.57. The van der Waals surface area contributed by atoms with Gasteiger partial charge in [0, 0.05) is 38.4 Å². The fourth-order valence-electron chi connectivity index (χ4n) is 3.84. The Bertz CT molecular complexity index is 485. The zero-order chi connectivity index (χ0) is 14.7. The van der Waals surface area contributed by atoms with Crippen LogP contribution in [-0.2, 0) is 23.0 Å². The molecule has 0 radical (unpaired) electrons. The summed E-state index contributed by atoms with van der Waals surface area (Å²) in [6.07, 6.45) is 7.61. The zero-order valence-electron chi connectivity index (χ0n) is 12.9. The zero-order valence-corrected chi connectivity index (χ0v) is 12.9. The fourth-order valence-corrected chi connectivity index (χ4v) is 3.84. The first kappa shape index (κ1) is 14.7. The number of ketones is 1. The van der Waals surface area contributed by atoms with Crippen LogP contribution >= 0.6 is 0 Å². The molecular weight excluding hydrogens is 266 g/mol. The van der Waals surface area contributed by atoms with E-state index in [-0.39, 0.29) is 5.54 Å². The SMILES string of the molecule is Cn1nccc1CCC(=O)C1(N2CCOCC2)CCCC1. The largest absolute Gasteiger partial charge is 0.379 e. The van der Waals surface area contributed by atoms with Crippen LogP contribution in [0.15, 0.2) is 12.3 Å². The summed E-state index contributed by atoms with van der Waals surface area (Å²) in [6, 6.07) is 2.00. The van der Waals surface area contributed by atoms with Gasteiger partial charge in [-0.1, -0.05) is 12.8 Å². The molecule has 0 atom stereocenters. The van der Waals surface area contributed by atoms with Gasteiger partial charge in [-0.05, 0) is 25.3 Å². The third-order valence-corrected chi connectivity index (χ3v) is 5.10. The van der Waals surface area contributed by atoms with Gasteiger partial charge in [0.15, 0.2) is 5.78 Å². The van der Waals surface area contributed by atoms with Gasteiger partial charge in [-0.15, -0.1) is 0 Å². The molecule has 5 heteroatoms. The number of carbonyl (C=O) groups excluding carboxylic acids is 1. The maximum absolute atomic E-state index is 13.0. The Labute approximate surface area is 126 Å². The molecule has 1 aromatic heterocycles. The molecule has 0 bridgehead atoms. The molecule has 1 aliphatic carbocycles. The van der Waals surface area contributed by atoms with E-state index in [1.54, 1.807) is 6.20 Å². The highest BCUT2D eigenvalue weighted by molar-refractivity contribution is 5.89. The van der Waals surface area contributed by atoms with Crippen LogP contribution in [0.2, 0.25) is 0 Å². The third-order valence-electron chi connectivity index (χ3n) is 5.10. The predicted molar refractivity (Wildman–Crippen MR) is 80.1 cm³/mol. The Morgan fingerprint density at radius 1 is 1.33 bits per heavy atom. The number of morpholine rings is 1. The fraction of sp³-hybridized carbons (Fsp3) is 0.750. The highest BCUT2D eigenvalue weighted by atomic mass is 16.5. The highest BCUT2D eigenvalue weighted by Gasteiger charge is 2.45. The van der Waals surface area contributed by atoms with Gasteiger partial charge in [-0.25, -0.2) is 0 Å². The number of nitrogens with zero attached hydrogens (tertiary/aromatic N) is 3. The van der Waals surface area contributed by atoms with Crippen LogP contribution in [0.4, 0.5) is 0 Å². The quantitative estimate of drug-likeness (QED) is 0.826. The summed E-state index contributed by atoms with van der Waals surface area (Å²) in [5.74, 6) is 0.420. The highest BCUT2D eigenvalue weighted by Crippen LogP contribution is 2.37. The van der Waals surface area contributed by atoms with E-state index in [1.807, 2.05) is 17.8 Å². The summed E-state index contributed by atoms with van der Waals surface area (Å²) in [5, 5.41) is 4.18. The molecule has 0 aromatic carbocycles. The molecular formula is C16H25N3O2. The molecule has 1 saturated carbocycles. The Hall–Kier alpha value is -1.20. The van der Waals surface area contributed by atoms with Crippen molar-refractivity contribution in [1.29, 1.82) is 0 Å². The second-order valence-corrected chi connectivity index (χ2v) is 6.21. The molecule has 2 fully saturated rings. The molecule has 116 valence electrons. The first-order valence-corrected chi connectivity index (χ1v) is 8.05. The Kier molecular flexibility index (Phi) is 4.40. The normalized spacial score (nSPS) is 22.5. The van der Waals surface area contributed by atoms with Crippen molar-refractivity contribution in [3.8, 4) is 0 Å². The van der Waals surface area contributed by atoms with Crippen molar-refractivity contribution in [3.63, 3.8) is 0 Å². The molecule has 2 heterocycles. The van der Waals surface area contributed by atoms with E-state index in [9.17, 15) is 4.79 Å². The first-order valence-electron chi connectivity index (χ1n) is 8.05. The van der Waals surface area contributed by atoms with Gasteiger partial charge in [0.1, 0.15) is 0 Å². The number of aryl methyl sites for hydroxylation is 2. The van der Waals surface area contributed by atoms with Gasteiger partial charge in [0.2, 0.25) is 0 Å². The van der Waals surface area contributed by atoms with E-state index in [1.165, 1.54) is 12.8 Å². The number of rotatable bonds is 5. The van der Waals surface area contributed by atoms with Gasteiger partial charge >= 0.3 is 0 Å². The van der Waals surface area contributed by atoms with Crippen molar-refractivity contribution in [2.75, 3.05) is 26.3 Å². The maximum atomic E-state index is 13.0. The van der Waals surface area contributed by atoms with E-state index in [4.69, 9.17) is 4.74 Å². The Morgan fingerprint density at radius 2 is 2.05 bits per heavy atom. The van der Waals surface area contributed by atoms with Crippen LogP contribution < -0.4 is 0 Å². The van der Waals surface area contributed by atoms with Crippen molar-refractivity contribution >= 4 is 5.78 Å². The summed E-state index contributed by atoms with van der Waals surface area (Å²) in [6.45, 7) is 3.32. The van der Waals surface area contributed by atoms with Gasteiger partial charge in [-0.2, -0.15) is 5.10 Å². The Morgan fingerprint density at radius 3 is 2.67 bits per heavy atom. The van der Waals surface area contributed by atoms with Crippen LogP contribution in [0.1, 0.15) is 37.8 Å². The third kappa shape index (κ3) is 2.90. The summed E-state index contributed by atoms with van der Waals surface area (Å²) in [7, 11) is 1.94. The number of Topliss-reactive ketones (excluding diaryl/α,β-unsaturated/α-hetero) is 1. The molecule has 1 saturated heterocycles. The molecule has 0 spiro atoms. The van der Waals surface area contributed by atoms with Gasteiger partial charge in [0.25, 0.3) is 0 Å². The minimum atomic E-state index is -0.206. The number of hydrogen-bond donors (Lipinski definition) is 0. The standard InChI is InChI=1S/C16H25N3O2/c1-18-14(6-9-17-18)4-5-15(20)16(7-2-3-8-16)19-10-12-21-13-11-19/h6,9H,2-5,7-8,10-13H2,1H3. The average molecular weight is 291 g/mol. The molecule has 3 rings (SSSR count). The molecule has 0 unspecified atom stereocenters. The van der Waals surface area contributed by atoms with Crippen molar-refractivity contribution in [3.05, 3.63) is 18.0 Å². The second kappa shape index (κ2) is 6.28. The van der Waals surface area contributed by atoms with E-state index >= 15 is 0 Å². The van der Waals surface area contributed by atoms with Crippen LogP contribution in [0, 0.1) is 0 Å². The van der Waals surface area contributed by atoms with Crippen molar-refractivity contribution in [1.82, 2.24) is 14.7 Å². The molecule has 0 amide bonds. The Balaban J connectivity index is 1.68. The smallest absolute Gasteiger partial charge is 0.153 e. The minimum absolute atomic E-state index is 0.206. The molecule has 5 nitrogen and oxygen atoms in total. The molecule has 1 aromatic rings. The van der Waals surface area contributed by atoms with Gasteiger partial charge in [-0.3, -0.25) is 14.4 Å². The lowest BCUT2D eigenvalue weighted by Gasteiger charge is -2.42. The molecule has 1 aliphatic heterocycles. The van der Waals surface area contributed by atoms with Crippen molar-refractivity contribution in [2.24, 2.45) is 7.05 Å². The van der Waals surface area contributed by atoms with E-state index in [0.717, 1.165) is 51.3 Å². The lowest BCUT2D eigenvalue weighted by atomic mass is 9.86. The van der Waals surface area contributed by atoms with Gasteiger partial charge < -0.3 is 4.74 Å². The molecule has 21 heavy (non-hydrogen) atoms. The number of ether oxygens (including phenoxy) is 1. The van der Waals surface area contributed by atoms with Crippen LogP contribution in [0.5, 0.6) is 0 Å². The van der Waals surface area contributed by atoms with Crippen molar-refractivity contribution < 1.29 is 9.53 Å². The second-order valence-electron chi connectivity index (χ2n) is 6.21. The number of carbonyl (C=O) groups is 1. The topological polar surface area (TPSA) is 47.4 Å². The summed E-state index contributed by atoms with van der Waals surface area (Å²) < 4.78 is 7.32. The lowest BCUT2D eigenvalue weighted by molar-refractivity contribution is -0.134. The van der Waals surface area contributed by atoms with Crippen LogP contribution in [0.3, 0.4) is 0 Å².